The molecule has 0 unspecified atom stereocenters. The van der Waals surface area contributed by atoms with Gasteiger partial charge < -0.3 is 0 Å². The van der Waals surface area contributed by atoms with Crippen LogP contribution in [0.25, 0.3) is 0 Å². The fraction of sp³-hybridized carbons (Fsp3) is 0.455. The standard InChI is InChI=1S/C12H18.C10H14/c1-9(2)11-7-5-6-8-12(11)10(3)4;1-3-9-7-5-6-8-10(9)4-2/h5-10H,1-4H3;5-8H,3-4H2,1-2H3. The van der Waals surface area contributed by atoms with E-state index in [0.717, 1.165) is 12.8 Å². The second kappa shape index (κ2) is 9.46. The molecule has 120 valence electrons. The van der Waals surface area contributed by atoms with Crippen LogP contribution < -0.4 is 0 Å². The molecule has 2 rings (SSSR count). The molecule has 0 saturated heterocycles. The minimum Gasteiger partial charge on any atom is -0.0620 e. The van der Waals surface area contributed by atoms with Gasteiger partial charge in [0.15, 0.2) is 0 Å². The lowest BCUT2D eigenvalue weighted by atomic mass is 9.91. The minimum atomic E-state index is 0.642. The van der Waals surface area contributed by atoms with E-state index in [2.05, 4.69) is 90.1 Å². The van der Waals surface area contributed by atoms with Gasteiger partial charge in [-0.1, -0.05) is 90.1 Å². The maximum atomic E-state index is 2.25. The summed E-state index contributed by atoms with van der Waals surface area (Å²) in [6.45, 7) is 13.4. The molecule has 22 heavy (non-hydrogen) atoms. The number of rotatable bonds is 4. The van der Waals surface area contributed by atoms with Crippen LogP contribution in [0.1, 0.15) is 75.6 Å². The summed E-state index contributed by atoms with van der Waals surface area (Å²) in [5.41, 5.74) is 5.97. The Morgan fingerprint density at radius 1 is 0.591 bits per heavy atom. The number of hydrogen-bond donors (Lipinski definition) is 0. The first kappa shape index (κ1) is 18.5. The lowest BCUT2D eigenvalue weighted by Crippen LogP contribution is -1.97. The lowest BCUT2D eigenvalue weighted by Gasteiger charge is -2.14. The van der Waals surface area contributed by atoms with Gasteiger partial charge in [0, 0.05) is 0 Å². The Morgan fingerprint density at radius 3 is 1.18 bits per heavy atom. The van der Waals surface area contributed by atoms with Crippen LogP contribution in [0.15, 0.2) is 48.5 Å². The molecule has 0 heteroatoms. The Kier molecular flexibility index (Phi) is 7.95. The largest absolute Gasteiger partial charge is 0.0620 e. The third-order valence-electron chi connectivity index (χ3n) is 4.12. The van der Waals surface area contributed by atoms with Gasteiger partial charge in [-0.2, -0.15) is 0 Å². The number of hydrogen-bond acceptors (Lipinski definition) is 0. The first-order valence-corrected chi connectivity index (χ1v) is 8.66. The molecule has 0 radical (unpaired) electrons. The van der Waals surface area contributed by atoms with Gasteiger partial charge in [0.25, 0.3) is 0 Å². The predicted molar refractivity (Wildman–Crippen MR) is 99.8 cm³/mol. The molecule has 0 aliphatic rings. The molecule has 2 aromatic rings. The summed E-state index contributed by atoms with van der Waals surface area (Å²) in [6, 6.07) is 17.4. The molecule has 0 aromatic heterocycles. The third-order valence-corrected chi connectivity index (χ3v) is 4.12. The van der Waals surface area contributed by atoms with Crippen molar-refractivity contribution >= 4 is 0 Å². The van der Waals surface area contributed by atoms with E-state index in [1.54, 1.807) is 0 Å². The van der Waals surface area contributed by atoms with Crippen LogP contribution in [0.5, 0.6) is 0 Å². The molecule has 0 heterocycles. The summed E-state index contributed by atoms with van der Waals surface area (Å²) in [6.07, 6.45) is 2.31. The second-order valence-corrected chi connectivity index (χ2v) is 6.41. The fourth-order valence-corrected chi connectivity index (χ4v) is 2.81. The van der Waals surface area contributed by atoms with Gasteiger partial charge in [-0.05, 0) is 46.9 Å². The highest BCUT2D eigenvalue weighted by Gasteiger charge is 2.07. The molecule has 0 nitrogen and oxygen atoms in total. The monoisotopic (exact) mass is 296 g/mol. The maximum absolute atomic E-state index is 2.25. The van der Waals surface area contributed by atoms with Crippen molar-refractivity contribution in [3.05, 3.63) is 70.8 Å². The lowest BCUT2D eigenvalue weighted by molar-refractivity contribution is 0.790. The molecule has 0 N–H and O–H groups in total. The van der Waals surface area contributed by atoms with Gasteiger partial charge in [0.2, 0.25) is 0 Å². The minimum absolute atomic E-state index is 0.642. The highest BCUT2D eigenvalue weighted by atomic mass is 14.1. The molecule has 0 amide bonds. The Balaban J connectivity index is 0.000000224. The molecular weight excluding hydrogens is 264 g/mol. The molecular formula is C22H32. The van der Waals surface area contributed by atoms with Crippen molar-refractivity contribution in [1.29, 1.82) is 0 Å². The summed E-state index contributed by atoms with van der Waals surface area (Å²) in [7, 11) is 0. The van der Waals surface area contributed by atoms with Crippen molar-refractivity contribution < 1.29 is 0 Å². The van der Waals surface area contributed by atoms with Crippen molar-refractivity contribution in [2.45, 2.75) is 66.2 Å². The van der Waals surface area contributed by atoms with Crippen LogP contribution in [0.2, 0.25) is 0 Å². The van der Waals surface area contributed by atoms with E-state index < -0.39 is 0 Å². The van der Waals surface area contributed by atoms with Crippen LogP contribution in [-0.4, -0.2) is 0 Å². The average Bonchev–Trinajstić information content (AvgIpc) is 2.55. The highest BCUT2D eigenvalue weighted by molar-refractivity contribution is 5.31. The summed E-state index contributed by atoms with van der Waals surface area (Å²) in [5.74, 6) is 1.28. The van der Waals surface area contributed by atoms with Crippen molar-refractivity contribution in [3.8, 4) is 0 Å². The Hall–Kier alpha value is -1.56. The molecule has 0 aliphatic carbocycles. The van der Waals surface area contributed by atoms with Crippen LogP contribution in [0.3, 0.4) is 0 Å². The molecule has 0 spiro atoms. The third kappa shape index (κ3) is 5.33. The zero-order valence-corrected chi connectivity index (χ0v) is 15.2. The van der Waals surface area contributed by atoms with E-state index in [9.17, 15) is 0 Å². The van der Waals surface area contributed by atoms with E-state index in [4.69, 9.17) is 0 Å². The maximum Gasteiger partial charge on any atom is -0.0216 e. The molecule has 0 aliphatic heterocycles. The smallest absolute Gasteiger partial charge is 0.0216 e. The van der Waals surface area contributed by atoms with E-state index >= 15 is 0 Å². The van der Waals surface area contributed by atoms with Gasteiger partial charge >= 0.3 is 0 Å². The normalized spacial score (nSPS) is 10.5. The molecule has 0 atom stereocenters. The quantitative estimate of drug-likeness (QED) is 0.585. The first-order valence-electron chi connectivity index (χ1n) is 8.66. The van der Waals surface area contributed by atoms with Crippen molar-refractivity contribution in [2.75, 3.05) is 0 Å². The molecule has 2 aromatic carbocycles. The van der Waals surface area contributed by atoms with Gasteiger partial charge in [-0.15, -0.1) is 0 Å². The van der Waals surface area contributed by atoms with Gasteiger partial charge in [-0.3, -0.25) is 0 Å². The number of aryl methyl sites for hydroxylation is 2. The van der Waals surface area contributed by atoms with Gasteiger partial charge in [0.1, 0.15) is 0 Å². The van der Waals surface area contributed by atoms with E-state index in [0.29, 0.717) is 11.8 Å². The molecule has 0 saturated carbocycles. The van der Waals surface area contributed by atoms with Crippen LogP contribution in [0, 0.1) is 0 Å². The van der Waals surface area contributed by atoms with Crippen molar-refractivity contribution in [1.82, 2.24) is 0 Å². The highest BCUT2D eigenvalue weighted by Crippen LogP contribution is 2.25. The average molecular weight is 296 g/mol. The van der Waals surface area contributed by atoms with Crippen molar-refractivity contribution in [2.24, 2.45) is 0 Å². The van der Waals surface area contributed by atoms with E-state index in [1.807, 2.05) is 0 Å². The van der Waals surface area contributed by atoms with E-state index in [1.165, 1.54) is 22.3 Å². The van der Waals surface area contributed by atoms with Crippen LogP contribution >= 0.6 is 0 Å². The van der Waals surface area contributed by atoms with Gasteiger partial charge in [0.05, 0.1) is 0 Å². The fourth-order valence-electron chi connectivity index (χ4n) is 2.81. The molecule has 0 fully saturated rings. The summed E-state index contributed by atoms with van der Waals surface area (Å²) in [5, 5.41) is 0. The SMILES string of the molecule is CC(C)c1ccccc1C(C)C.CCc1ccccc1CC. The zero-order chi connectivity index (χ0) is 16.5. The number of benzene rings is 2. The first-order chi connectivity index (χ1) is 10.5. The van der Waals surface area contributed by atoms with E-state index in [-0.39, 0.29) is 0 Å². The Labute approximate surface area is 137 Å². The molecule has 0 bridgehead atoms. The Bertz CT molecular complexity index is 499. The van der Waals surface area contributed by atoms with Gasteiger partial charge in [-0.25, -0.2) is 0 Å². The second-order valence-electron chi connectivity index (χ2n) is 6.41. The topological polar surface area (TPSA) is 0 Å². The zero-order valence-electron chi connectivity index (χ0n) is 15.2. The summed E-state index contributed by atoms with van der Waals surface area (Å²) >= 11 is 0. The van der Waals surface area contributed by atoms with Crippen molar-refractivity contribution in [3.63, 3.8) is 0 Å². The Morgan fingerprint density at radius 2 is 0.909 bits per heavy atom. The summed E-state index contributed by atoms with van der Waals surface area (Å²) in [4.78, 5) is 0. The van der Waals surface area contributed by atoms with Crippen LogP contribution in [0.4, 0.5) is 0 Å². The summed E-state index contributed by atoms with van der Waals surface area (Å²) < 4.78 is 0. The predicted octanol–water partition coefficient (Wildman–Crippen LogP) is 6.74. The van der Waals surface area contributed by atoms with Crippen LogP contribution in [-0.2, 0) is 12.8 Å².